The minimum atomic E-state index is -6.73. The van der Waals surface area contributed by atoms with Crippen molar-refractivity contribution in [3.8, 4) is 0 Å². The summed E-state index contributed by atoms with van der Waals surface area (Å²) in [4.78, 5) is 0. The number of hydrogen-bond acceptors (Lipinski definition) is 4. The van der Waals surface area contributed by atoms with E-state index in [-0.39, 0.29) is 22.2 Å². The molecule has 0 spiro atoms. The van der Waals surface area contributed by atoms with Crippen LogP contribution in [-0.2, 0) is 12.8 Å². The number of rotatable bonds is 9. The van der Waals surface area contributed by atoms with Crippen LogP contribution in [0.2, 0.25) is 0 Å². The molecule has 0 fully saturated rings. The molecule has 0 aliphatic carbocycles. The summed E-state index contributed by atoms with van der Waals surface area (Å²) in [5.74, 6) is -31.9. The first-order chi connectivity index (χ1) is 17.9. The molecule has 0 N–H and O–H groups in total. The Labute approximate surface area is 213 Å². The normalized spacial score (nSPS) is 14.9. The first-order valence-corrected chi connectivity index (χ1v) is 10.1. The van der Waals surface area contributed by atoms with E-state index in [9.17, 15) is 71.7 Å². The molecule has 6 nitrogen and oxygen atoms in total. The smallest absolute Gasteiger partial charge is 0.460 e. The first-order valence-electron chi connectivity index (χ1n) is 10.1. The Kier molecular flexibility index (Phi) is 8.67. The van der Waals surface area contributed by atoms with E-state index >= 15 is 0 Å². The van der Waals surface area contributed by atoms with Crippen molar-refractivity contribution in [3.05, 3.63) is 60.2 Å². The summed E-state index contributed by atoms with van der Waals surface area (Å²) in [5, 5.41) is 27.6. The van der Waals surface area contributed by atoms with Gasteiger partial charge < -0.3 is 10.2 Å². The standard InChI is InChI=1S/C20H12F14N4O2/c21-15(22,17(25,26)19(29,30)31)13(39)35-37-7-3-11(4-8-37)1-2-12-5-9-38(10-6-12)36-14(40)16(23,24)18(27,28)20(32,33)34/h3-10H,1-2H2. The monoisotopic (exact) mass is 606 g/mol. The Hall–Kier alpha value is -3.74. The lowest BCUT2D eigenvalue weighted by Crippen LogP contribution is -2.60. The zero-order valence-corrected chi connectivity index (χ0v) is 18.9. The largest absolute Gasteiger partial charge is 0.853 e. The second kappa shape index (κ2) is 10.7. The van der Waals surface area contributed by atoms with E-state index in [2.05, 4.69) is 10.2 Å². The summed E-state index contributed by atoms with van der Waals surface area (Å²) in [6.45, 7) is 0. The zero-order chi connectivity index (χ0) is 30.9. The van der Waals surface area contributed by atoms with Crippen LogP contribution in [0, 0.1) is 0 Å². The Morgan fingerprint density at radius 3 is 1.00 bits per heavy atom. The van der Waals surface area contributed by atoms with Gasteiger partial charge in [0.1, 0.15) is 11.8 Å². The van der Waals surface area contributed by atoms with Crippen LogP contribution < -0.4 is 19.6 Å². The molecular weight excluding hydrogens is 594 g/mol. The fraction of sp³-hybridized carbons (Fsp3) is 0.400. The fourth-order valence-corrected chi connectivity index (χ4v) is 2.61. The predicted octanol–water partition coefficient (Wildman–Crippen LogP) is 2.76. The molecule has 0 saturated carbocycles. The highest BCUT2D eigenvalue weighted by molar-refractivity contribution is 5.80. The molecule has 2 aromatic rings. The molecule has 222 valence electrons. The Morgan fingerprint density at radius 1 is 0.525 bits per heavy atom. The minimum Gasteiger partial charge on any atom is -0.853 e. The number of aromatic nitrogens is 2. The van der Waals surface area contributed by atoms with Gasteiger partial charge >= 0.3 is 36.0 Å². The quantitative estimate of drug-likeness (QED) is 0.191. The summed E-state index contributed by atoms with van der Waals surface area (Å²) in [6, 6.07) is 4.43. The third kappa shape index (κ3) is 6.35. The molecule has 2 aromatic heterocycles. The highest BCUT2D eigenvalue weighted by Gasteiger charge is 2.74. The molecule has 0 aromatic carbocycles. The van der Waals surface area contributed by atoms with Crippen molar-refractivity contribution in [1.29, 1.82) is 0 Å². The maximum Gasteiger partial charge on any atom is 0.460 e. The number of pyridine rings is 2. The van der Waals surface area contributed by atoms with Crippen LogP contribution in [0.3, 0.4) is 0 Å². The molecule has 2 heterocycles. The molecule has 0 radical (unpaired) electrons. The topological polar surface area (TPSA) is 78.6 Å². The average Bonchev–Trinajstić information content (AvgIpc) is 2.82. The molecule has 0 amide bonds. The Morgan fingerprint density at radius 2 is 0.775 bits per heavy atom. The number of halogens is 14. The van der Waals surface area contributed by atoms with Crippen LogP contribution in [0.5, 0.6) is 0 Å². The summed E-state index contributed by atoms with van der Waals surface area (Å²) < 4.78 is 179. The molecule has 2 rings (SSSR count). The SMILES string of the molecule is [O-]/C(=N\[n+]1ccc(CCc2cc[n+](/N=C(/[O-])C(F)(F)C(F)(F)C(F)(F)F)cc2)cc1)C(F)(F)C(F)(F)C(F)(F)F. The molecule has 0 atom stereocenters. The van der Waals surface area contributed by atoms with Gasteiger partial charge in [-0.1, -0.05) is 9.35 Å². The Bertz CT molecular complexity index is 1140. The third-order valence-electron chi connectivity index (χ3n) is 4.92. The second-order valence-corrected chi connectivity index (χ2v) is 7.78. The lowest BCUT2D eigenvalue weighted by atomic mass is 10.1. The van der Waals surface area contributed by atoms with E-state index in [4.69, 9.17) is 0 Å². The molecule has 40 heavy (non-hydrogen) atoms. The van der Waals surface area contributed by atoms with Crippen LogP contribution in [-0.4, -0.2) is 47.8 Å². The van der Waals surface area contributed by atoms with Gasteiger partial charge in [-0.05, 0) is 34.2 Å². The average molecular weight is 606 g/mol. The van der Waals surface area contributed by atoms with E-state index in [0.29, 0.717) is 11.1 Å². The third-order valence-corrected chi connectivity index (χ3v) is 4.92. The van der Waals surface area contributed by atoms with E-state index in [1.165, 1.54) is 0 Å². The predicted molar refractivity (Wildman–Crippen MR) is 98.2 cm³/mol. The molecule has 20 heteroatoms. The van der Waals surface area contributed by atoms with Crippen LogP contribution >= 0.6 is 0 Å². The fourth-order valence-electron chi connectivity index (χ4n) is 2.61. The van der Waals surface area contributed by atoms with Crippen molar-refractivity contribution in [3.63, 3.8) is 0 Å². The van der Waals surface area contributed by atoms with E-state index in [1.807, 2.05) is 0 Å². The van der Waals surface area contributed by atoms with Crippen LogP contribution in [0.25, 0.3) is 0 Å². The van der Waals surface area contributed by atoms with Crippen molar-refractivity contribution in [2.45, 2.75) is 48.9 Å². The molecule has 0 bridgehead atoms. The van der Waals surface area contributed by atoms with E-state index in [0.717, 1.165) is 49.1 Å². The second-order valence-electron chi connectivity index (χ2n) is 7.78. The van der Waals surface area contributed by atoms with Gasteiger partial charge in [-0.15, -0.1) is 0 Å². The van der Waals surface area contributed by atoms with Gasteiger partial charge in [-0.2, -0.15) is 61.5 Å². The Balaban J connectivity index is 2.09. The van der Waals surface area contributed by atoms with Gasteiger partial charge in [0, 0.05) is 24.3 Å². The lowest BCUT2D eigenvalue weighted by molar-refractivity contribution is -0.682. The molecule has 0 unspecified atom stereocenters. The van der Waals surface area contributed by atoms with Gasteiger partial charge in [-0.25, -0.2) is 0 Å². The van der Waals surface area contributed by atoms with Gasteiger partial charge in [-0.3, -0.25) is 0 Å². The summed E-state index contributed by atoms with van der Waals surface area (Å²) in [6.07, 6.45) is -10.2. The van der Waals surface area contributed by atoms with Gasteiger partial charge in [0.2, 0.25) is 24.8 Å². The van der Waals surface area contributed by atoms with Crippen molar-refractivity contribution < 1.29 is 81.0 Å². The molecule has 0 saturated heterocycles. The van der Waals surface area contributed by atoms with Crippen molar-refractivity contribution in [2.75, 3.05) is 0 Å². The summed E-state index contributed by atoms with van der Waals surface area (Å²) in [5.41, 5.74) is 0.716. The van der Waals surface area contributed by atoms with Crippen LogP contribution in [0.15, 0.2) is 59.3 Å². The molecule has 0 aliphatic heterocycles. The maximum atomic E-state index is 13.4. The number of nitrogens with zero attached hydrogens (tertiary/aromatic N) is 4. The first kappa shape index (κ1) is 32.5. The van der Waals surface area contributed by atoms with Crippen molar-refractivity contribution in [1.82, 2.24) is 0 Å². The summed E-state index contributed by atoms with van der Waals surface area (Å²) >= 11 is 0. The summed E-state index contributed by atoms with van der Waals surface area (Å²) in [7, 11) is 0. The number of aryl methyl sites for hydroxylation is 2. The maximum absolute atomic E-state index is 13.4. The van der Waals surface area contributed by atoms with Gasteiger partial charge in [0.25, 0.3) is 0 Å². The highest BCUT2D eigenvalue weighted by Crippen LogP contribution is 2.47. The highest BCUT2D eigenvalue weighted by atomic mass is 19.4. The van der Waals surface area contributed by atoms with Gasteiger partial charge in [0.15, 0.2) is 0 Å². The van der Waals surface area contributed by atoms with E-state index < -0.39 is 47.8 Å². The zero-order valence-electron chi connectivity index (χ0n) is 18.9. The van der Waals surface area contributed by atoms with Gasteiger partial charge in [0.05, 0.1) is 0 Å². The number of hydrogen-bond donors (Lipinski definition) is 0. The van der Waals surface area contributed by atoms with Crippen molar-refractivity contribution >= 4 is 11.8 Å². The number of alkyl halides is 14. The van der Waals surface area contributed by atoms with E-state index in [1.54, 1.807) is 0 Å². The molecular formula is C20H12F14N4O2. The minimum absolute atomic E-state index is 0.0903. The van der Waals surface area contributed by atoms with Crippen LogP contribution in [0.1, 0.15) is 11.1 Å². The molecule has 0 aliphatic rings. The van der Waals surface area contributed by atoms with Crippen LogP contribution in [0.4, 0.5) is 61.5 Å². The lowest BCUT2D eigenvalue weighted by Gasteiger charge is -2.29. The van der Waals surface area contributed by atoms with Crippen molar-refractivity contribution in [2.24, 2.45) is 10.2 Å².